The fraction of sp³-hybridized carbons (Fsp3) is 0.308. The molecule has 1 fully saturated rings. The number of amides is 1. The van der Waals surface area contributed by atoms with Crippen LogP contribution in [0.25, 0.3) is 5.76 Å². The number of aromatic nitrogens is 2. The zero-order valence-electron chi connectivity index (χ0n) is 19.6. The normalized spacial score (nSPS) is 20.7. The summed E-state index contributed by atoms with van der Waals surface area (Å²) in [4.78, 5) is 27.8. The van der Waals surface area contributed by atoms with Gasteiger partial charge in [0, 0.05) is 12.0 Å². The monoisotopic (exact) mass is 491 g/mol. The highest BCUT2D eigenvalue weighted by Crippen LogP contribution is 2.43. The van der Waals surface area contributed by atoms with Gasteiger partial charge in [-0.2, -0.15) is 0 Å². The van der Waals surface area contributed by atoms with Gasteiger partial charge in [0.25, 0.3) is 5.78 Å². The number of benzene rings is 2. The van der Waals surface area contributed by atoms with E-state index in [1.54, 1.807) is 43.3 Å². The molecule has 2 atom stereocenters. The Labute approximate surface area is 206 Å². The number of hydrogen-bond acceptors (Lipinski definition) is 8. The second kappa shape index (κ2) is 9.14. The van der Waals surface area contributed by atoms with Crippen molar-refractivity contribution in [3.05, 3.63) is 69.7 Å². The fourth-order valence-electron chi connectivity index (χ4n) is 4.42. The van der Waals surface area contributed by atoms with E-state index in [4.69, 9.17) is 9.47 Å². The molecule has 9 heteroatoms. The summed E-state index contributed by atoms with van der Waals surface area (Å²) in [5.41, 5.74) is 2.07. The summed E-state index contributed by atoms with van der Waals surface area (Å²) >= 11 is 1.21. The first-order chi connectivity index (χ1) is 16.9. The third kappa shape index (κ3) is 4.16. The molecule has 3 aromatic rings. The fourth-order valence-corrected chi connectivity index (χ4v) is 5.13. The number of hydrogen-bond donors (Lipinski definition) is 1. The van der Waals surface area contributed by atoms with Crippen molar-refractivity contribution in [2.75, 3.05) is 11.5 Å². The van der Waals surface area contributed by atoms with Gasteiger partial charge in [-0.25, -0.2) is 0 Å². The van der Waals surface area contributed by atoms with Crippen molar-refractivity contribution in [2.45, 2.75) is 45.8 Å². The largest absolute Gasteiger partial charge is 0.507 e. The molecule has 3 heterocycles. The van der Waals surface area contributed by atoms with Gasteiger partial charge < -0.3 is 14.6 Å². The van der Waals surface area contributed by atoms with Crippen LogP contribution in [-0.4, -0.2) is 39.7 Å². The minimum atomic E-state index is -0.856. The molecule has 35 heavy (non-hydrogen) atoms. The zero-order valence-corrected chi connectivity index (χ0v) is 20.5. The predicted octanol–water partition coefficient (Wildman–Crippen LogP) is 4.59. The number of fused-ring (bicyclic) bond motifs is 1. The van der Waals surface area contributed by atoms with E-state index in [1.807, 2.05) is 19.9 Å². The Morgan fingerprint density at radius 3 is 2.66 bits per heavy atom. The molecular weight excluding hydrogens is 466 g/mol. The van der Waals surface area contributed by atoms with Gasteiger partial charge in [0.1, 0.15) is 28.4 Å². The molecule has 1 aromatic heterocycles. The molecule has 2 aliphatic heterocycles. The van der Waals surface area contributed by atoms with Gasteiger partial charge in [-0.05, 0) is 61.7 Å². The number of aliphatic hydroxyl groups excluding tert-OH is 1. The van der Waals surface area contributed by atoms with E-state index in [1.165, 1.54) is 16.2 Å². The molecule has 0 spiro atoms. The Kier molecular flexibility index (Phi) is 6.02. The van der Waals surface area contributed by atoms with Crippen molar-refractivity contribution >= 4 is 33.9 Å². The zero-order chi connectivity index (χ0) is 24.7. The second-order valence-corrected chi connectivity index (χ2v) is 9.81. The number of anilines is 1. The summed E-state index contributed by atoms with van der Waals surface area (Å²) in [5, 5.41) is 20.5. The number of rotatable bonds is 6. The maximum Gasteiger partial charge on any atom is 0.301 e. The summed E-state index contributed by atoms with van der Waals surface area (Å²) in [5.74, 6) is -0.301. The molecule has 1 N–H and O–H groups in total. The smallest absolute Gasteiger partial charge is 0.301 e. The van der Waals surface area contributed by atoms with Gasteiger partial charge in [0.2, 0.25) is 5.13 Å². The highest BCUT2D eigenvalue weighted by molar-refractivity contribution is 7.15. The second-order valence-electron chi connectivity index (χ2n) is 8.65. The first kappa shape index (κ1) is 23.0. The van der Waals surface area contributed by atoms with Crippen LogP contribution in [0, 0.1) is 6.92 Å². The van der Waals surface area contributed by atoms with Crippen molar-refractivity contribution in [3.63, 3.8) is 0 Å². The number of Topliss-reactive ketones (excluding diaryl/α,β-unsaturated/α-hetero) is 1. The van der Waals surface area contributed by atoms with Crippen molar-refractivity contribution in [1.29, 1.82) is 0 Å². The molecule has 0 saturated carbocycles. The molecule has 2 aromatic carbocycles. The van der Waals surface area contributed by atoms with E-state index in [-0.39, 0.29) is 17.4 Å². The molecule has 0 bridgehead atoms. The average Bonchev–Trinajstić information content (AvgIpc) is 3.52. The summed E-state index contributed by atoms with van der Waals surface area (Å²) in [7, 11) is 0. The SMILES string of the molecule is CCCOc1ccc(C2C(=C(O)c3ccc4c(c3)CC(C)O4)C(=O)C(=O)N2c2nnc(C)s2)cc1. The standard InChI is InChI=1S/C26H25N3O5S/c1-4-11-33-19-8-5-16(6-9-19)22-21(24(31)25(32)29(22)26-28-27-15(3)35-26)23(30)17-7-10-20-18(13-17)12-14(2)34-20/h5-10,13-14,22,30H,4,11-12H2,1-3H3. The summed E-state index contributed by atoms with van der Waals surface area (Å²) in [6.45, 7) is 6.36. The van der Waals surface area contributed by atoms with Crippen molar-refractivity contribution in [1.82, 2.24) is 10.2 Å². The Morgan fingerprint density at radius 2 is 1.97 bits per heavy atom. The maximum absolute atomic E-state index is 13.3. The number of aliphatic hydroxyl groups is 1. The molecule has 5 rings (SSSR count). The number of ether oxygens (including phenoxy) is 2. The van der Waals surface area contributed by atoms with Crippen LogP contribution in [0.5, 0.6) is 11.5 Å². The number of carbonyl (C=O) groups is 2. The van der Waals surface area contributed by atoms with Gasteiger partial charge in [-0.3, -0.25) is 14.5 Å². The molecule has 2 aliphatic rings. The van der Waals surface area contributed by atoms with Gasteiger partial charge in [0.15, 0.2) is 0 Å². The molecular formula is C26H25N3O5S. The van der Waals surface area contributed by atoms with Crippen LogP contribution in [-0.2, 0) is 16.0 Å². The molecule has 180 valence electrons. The van der Waals surface area contributed by atoms with Crippen LogP contribution in [0.1, 0.15) is 48.0 Å². The summed E-state index contributed by atoms with van der Waals surface area (Å²) in [6.07, 6.45) is 1.63. The van der Waals surface area contributed by atoms with E-state index in [2.05, 4.69) is 10.2 Å². The van der Waals surface area contributed by atoms with E-state index >= 15 is 0 Å². The van der Waals surface area contributed by atoms with Crippen LogP contribution < -0.4 is 14.4 Å². The van der Waals surface area contributed by atoms with Gasteiger partial charge in [-0.1, -0.05) is 30.4 Å². The van der Waals surface area contributed by atoms with Crippen molar-refractivity contribution < 1.29 is 24.2 Å². The lowest BCUT2D eigenvalue weighted by Crippen LogP contribution is -2.29. The highest BCUT2D eigenvalue weighted by Gasteiger charge is 2.48. The average molecular weight is 492 g/mol. The van der Waals surface area contributed by atoms with Crippen LogP contribution in [0.15, 0.2) is 48.0 Å². The number of aryl methyl sites for hydroxylation is 1. The van der Waals surface area contributed by atoms with Gasteiger partial charge in [0.05, 0.1) is 18.2 Å². The first-order valence-corrected chi connectivity index (χ1v) is 12.3. The lowest BCUT2D eigenvalue weighted by atomic mass is 9.94. The molecule has 1 saturated heterocycles. The third-order valence-corrected chi connectivity index (χ3v) is 6.84. The molecule has 1 amide bonds. The van der Waals surface area contributed by atoms with Gasteiger partial charge >= 0.3 is 5.91 Å². The highest BCUT2D eigenvalue weighted by atomic mass is 32.1. The van der Waals surface area contributed by atoms with Crippen LogP contribution >= 0.6 is 11.3 Å². The topological polar surface area (TPSA) is 102 Å². The van der Waals surface area contributed by atoms with Crippen molar-refractivity contribution in [2.24, 2.45) is 0 Å². The first-order valence-electron chi connectivity index (χ1n) is 11.5. The number of ketones is 1. The molecule has 2 unspecified atom stereocenters. The van der Waals surface area contributed by atoms with Crippen molar-refractivity contribution in [3.8, 4) is 11.5 Å². The summed E-state index contributed by atoms with van der Waals surface area (Å²) < 4.78 is 11.4. The summed E-state index contributed by atoms with van der Waals surface area (Å²) in [6, 6.07) is 11.6. The van der Waals surface area contributed by atoms with E-state index < -0.39 is 17.7 Å². The number of nitrogens with zero attached hydrogens (tertiary/aromatic N) is 3. The van der Waals surface area contributed by atoms with Crippen LogP contribution in [0.3, 0.4) is 0 Å². The predicted molar refractivity (Wildman–Crippen MR) is 132 cm³/mol. The molecule has 0 radical (unpaired) electrons. The lowest BCUT2D eigenvalue weighted by Gasteiger charge is -2.22. The van der Waals surface area contributed by atoms with E-state index in [9.17, 15) is 14.7 Å². The minimum Gasteiger partial charge on any atom is -0.507 e. The van der Waals surface area contributed by atoms with Crippen LogP contribution in [0.2, 0.25) is 0 Å². The van der Waals surface area contributed by atoms with Gasteiger partial charge in [-0.15, -0.1) is 10.2 Å². The van der Waals surface area contributed by atoms with E-state index in [0.29, 0.717) is 40.0 Å². The maximum atomic E-state index is 13.3. The lowest BCUT2D eigenvalue weighted by molar-refractivity contribution is -0.132. The minimum absolute atomic E-state index is 0.0111. The quantitative estimate of drug-likeness (QED) is 0.306. The third-order valence-electron chi connectivity index (χ3n) is 6.00. The molecule has 8 nitrogen and oxygen atoms in total. The Morgan fingerprint density at radius 1 is 1.20 bits per heavy atom. The van der Waals surface area contributed by atoms with Crippen LogP contribution in [0.4, 0.5) is 5.13 Å². The Balaban J connectivity index is 1.62. The Hall–Kier alpha value is -3.72. The Bertz CT molecular complexity index is 1330. The number of carbonyl (C=O) groups excluding carboxylic acids is 2. The van der Waals surface area contributed by atoms with E-state index in [0.717, 1.165) is 17.7 Å². The molecule has 0 aliphatic carbocycles.